The summed E-state index contributed by atoms with van der Waals surface area (Å²) in [7, 11) is 0. The average Bonchev–Trinajstić information content (AvgIpc) is 2.25. The van der Waals surface area contributed by atoms with Crippen molar-refractivity contribution in [2.24, 2.45) is 4.99 Å². The van der Waals surface area contributed by atoms with Crippen molar-refractivity contribution in [2.75, 3.05) is 0 Å². The summed E-state index contributed by atoms with van der Waals surface area (Å²) in [5, 5.41) is 3.11. The molecular formula is C13H15N2. The molecule has 0 unspecified atom stereocenters. The average molecular weight is 199 g/mol. The van der Waals surface area contributed by atoms with Gasteiger partial charge in [0.15, 0.2) is 6.34 Å². The van der Waals surface area contributed by atoms with Gasteiger partial charge in [0.25, 0.3) is 0 Å². The molecule has 1 radical (unpaired) electrons. The molecule has 15 heavy (non-hydrogen) atoms. The summed E-state index contributed by atoms with van der Waals surface area (Å²) in [5.41, 5.74) is 3.77. The quantitative estimate of drug-likeness (QED) is 0.777. The highest BCUT2D eigenvalue weighted by molar-refractivity contribution is 5.60. The van der Waals surface area contributed by atoms with E-state index in [2.05, 4.69) is 47.8 Å². The van der Waals surface area contributed by atoms with Gasteiger partial charge < -0.3 is 5.32 Å². The number of hydrogen-bond donors (Lipinski definition) is 1. The van der Waals surface area contributed by atoms with Crippen molar-refractivity contribution in [3.8, 4) is 0 Å². The second-order valence-electron chi connectivity index (χ2n) is 3.86. The van der Waals surface area contributed by atoms with Crippen LogP contribution in [0, 0.1) is 0 Å². The van der Waals surface area contributed by atoms with E-state index in [1.54, 1.807) is 0 Å². The molecule has 2 rings (SSSR count). The van der Waals surface area contributed by atoms with Crippen LogP contribution in [0.25, 0.3) is 0 Å². The highest BCUT2D eigenvalue weighted by Gasteiger charge is 2.14. The molecule has 0 amide bonds. The van der Waals surface area contributed by atoms with Crippen molar-refractivity contribution >= 4 is 6.34 Å². The molecule has 0 aromatic heterocycles. The molecule has 0 aliphatic carbocycles. The molecule has 0 saturated heterocycles. The molecule has 1 atom stereocenters. The Labute approximate surface area is 90.7 Å². The summed E-state index contributed by atoms with van der Waals surface area (Å²) < 4.78 is 0. The highest BCUT2D eigenvalue weighted by Crippen LogP contribution is 2.18. The molecule has 0 fully saturated rings. The summed E-state index contributed by atoms with van der Waals surface area (Å²) >= 11 is 0. The van der Waals surface area contributed by atoms with Crippen LogP contribution in [-0.4, -0.2) is 12.4 Å². The van der Waals surface area contributed by atoms with Gasteiger partial charge in [-0.25, -0.2) is 4.99 Å². The van der Waals surface area contributed by atoms with Crippen LogP contribution in [0.1, 0.15) is 19.4 Å². The van der Waals surface area contributed by atoms with Gasteiger partial charge in [-0.2, -0.15) is 0 Å². The molecule has 0 spiro atoms. The fraction of sp³-hybridized carbons (Fsp3) is 0.308. The van der Waals surface area contributed by atoms with Crippen LogP contribution < -0.4 is 5.32 Å². The third kappa shape index (κ3) is 2.27. The summed E-state index contributed by atoms with van der Waals surface area (Å²) in [6, 6.07) is 10.8. The molecule has 1 aliphatic heterocycles. The fourth-order valence-electron chi connectivity index (χ4n) is 1.78. The van der Waals surface area contributed by atoms with Gasteiger partial charge in [-0.05, 0) is 31.4 Å². The molecule has 1 N–H and O–H groups in total. The minimum absolute atomic E-state index is 0.336. The SMILES string of the molecule is CC1=C(Cc2ccccc2)[C@H](C)N[C]=N1. The van der Waals surface area contributed by atoms with Gasteiger partial charge in [-0.3, -0.25) is 0 Å². The highest BCUT2D eigenvalue weighted by atomic mass is 15.0. The van der Waals surface area contributed by atoms with Crippen molar-refractivity contribution in [1.82, 2.24) is 5.32 Å². The van der Waals surface area contributed by atoms with Gasteiger partial charge >= 0.3 is 0 Å². The van der Waals surface area contributed by atoms with E-state index in [1.165, 1.54) is 11.1 Å². The van der Waals surface area contributed by atoms with Crippen LogP contribution in [0.5, 0.6) is 0 Å². The predicted octanol–water partition coefficient (Wildman–Crippen LogP) is 2.40. The van der Waals surface area contributed by atoms with Gasteiger partial charge in [0.05, 0.1) is 0 Å². The number of allylic oxidation sites excluding steroid dienone is 1. The van der Waals surface area contributed by atoms with Gasteiger partial charge in [-0.1, -0.05) is 30.3 Å². The summed E-state index contributed by atoms with van der Waals surface area (Å²) in [6.45, 7) is 4.19. The molecule has 0 bridgehead atoms. The third-order valence-electron chi connectivity index (χ3n) is 2.73. The molecule has 2 nitrogen and oxygen atoms in total. The second kappa shape index (κ2) is 4.30. The fourth-order valence-corrected chi connectivity index (χ4v) is 1.78. The van der Waals surface area contributed by atoms with Crippen LogP contribution in [0.3, 0.4) is 0 Å². The largest absolute Gasteiger partial charge is 0.361 e. The van der Waals surface area contributed by atoms with Gasteiger partial charge in [0, 0.05) is 11.7 Å². The van der Waals surface area contributed by atoms with Gasteiger partial charge in [0.1, 0.15) is 0 Å². The Kier molecular flexibility index (Phi) is 2.86. The lowest BCUT2D eigenvalue weighted by Gasteiger charge is -2.20. The second-order valence-corrected chi connectivity index (χ2v) is 3.86. The first-order valence-electron chi connectivity index (χ1n) is 5.22. The molecule has 2 heteroatoms. The van der Waals surface area contributed by atoms with E-state index in [4.69, 9.17) is 0 Å². The molecule has 1 aliphatic rings. The van der Waals surface area contributed by atoms with Crippen LogP contribution in [-0.2, 0) is 6.42 Å². The number of nitrogens with one attached hydrogen (secondary N) is 1. The monoisotopic (exact) mass is 199 g/mol. The van der Waals surface area contributed by atoms with Crippen molar-refractivity contribution in [3.05, 3.63) is 47.2 Å². The lowest BCUT2D eigenvalue weighted by Crippen LogP contribution is -2.31. The Hall–Kier alpha value is -1.57. The van der Waals surface area contributed by atoms with Crippen molar-refractivity contribution in [1.29, 1.82) is 0 Å². The molecule has 1 aromatic carbocycles. The molecule has 1 aromatic rings. The van der Waals surface area contributed by atoms with Crippen LogP contribution in [0.15, 0.2) is 46.6 Å². The molecular weight excluding hydrogens is 184 g/mol. The van der Waals surface area contributed by atoms with E-state index in [0.29, 0.717) is 6.04 Å². The maximum absolute atomic E-state index is 4.18. The first-order valence-corrected chi connectivity index (χ1v) is 5.22. The zero-order valence-corrected chi connectivity index (χ0v) is 9.12. The summed E-state index contributed by atoms with van der Waals surface area (Å²) in [4.78, 5) is 4.18. The predicted molar refractivity (Wildman–Crippen MR) is 62.9 cm³/mol. The number of nitrogens with zero attached hydrogens (tertiary/aromatic N) is 1. The van der Waals surface area contributed by atoms with E-state index >= 15 is 0 Å². The summed E-state index contributed by atoms with van der Waals surface area (Å²) in [6.07, 6.45) is 3.78. The number of benzene rings is 1. The van der Waals surface area contributed by atoms with E-state index in [0.717, 1.165) is 12.1 Å². The minimum Gasteiger partial charge on any atom is -0.361 e. The van der Waals surface area contributed by atoms with Crippen LogP contribution in [0.2, 0.25) is 0 Å². The van der Waals surface area contributed by atoms with Crippen molar-refractivity contribution in [2.45, 2.75) is 26.3 Å². The van der Waals surface area contributed by atoms with Gasteiger partial charge in [0.2, 0.25) is 0 Å². The Bertz CT molecular complexity index is 390. The number of aliphatic imine (C=N–C) groups is 1. The smallest absolute Gasteiger partial charge is 0.169 e. The maximum Gasteiger partial charge on any atom is 0.169 e. The van der Waals surface area contributed by atoms with E-state index in [9.17, 15) is 0 Å². The zero-order chi connectivity index (χ0) is 10.7. The lowest BCUT2D eigenvalue weighted by atomic mass is 9.97. The topological polar surface area (TPSA) is 24.4 Å². The van der Waals surface area contributed by atoms with Crippen molar-refractivity contribution < 1.29 is 0 Å². The Balaban J connectivity index is 2.21. The Morgan fingerprint density at radius 1 is 1.33 bits per heavy atom. The van der Waals surface area contributed by atoms with Gasteiger partial charge in [-0.15, -0.1) is 0 Å². The van der Waals surface area contributed by atoms with Crippen molar-refractivity contribution in [3.63, 3.8) is 0 Å². The number of hydrogen-bond acceptors (Lipinski definition) is 2. The first kappa shape index (κ1) is 9.97. The Morgan fingerprint density at radius 2 is 2.07 bits per heavy atom. The Morgan fingerprint density at radius 3 is 2.73 bits per heavy atom. The molecule has 0 saturated carbocycles. The summed E-state index contributed by atoms with van der Waals surface area (Å²) in [5.74, 6) is 0. The maximum atomic E-state index is 4.18. The van der Waals surface area contributed by atoms with Crippen LogP contribution in [0.4, 0.5) is 0 Å². The zero-order valence-electron chi connectivity index (χ0n) is 9.12. The number of rotatable bonds is 2. The van der Waals surface area contributed by atoms with E-state index in [1.807, 2.05) is 13.0 Å². The first-order chi connectivity index (χ1) is 7.27. The molecule has 1 heterocycles. The molecule has 77 valence electrons. The van der Waals surface area contributed by atoms with E-state index in [-0.39, 0.29) is 0 Å². The minimum atomic E-state index is 0.336. The standard InChI is InChI=1S/C13H15N2/c1-10-13(11(2)15-9-14-10)8-12-6-4-3-5-7-12/h3-7,10H,8H2,1-2H3,(H,14,15)/t10-/m0/s1. The lowest BCUT2D eigenvalue weighted by molar-refractivity contribution is 0.717. The normalized spacial score (nSPS) is 20.3. The third-order valence-corrected chi connectivity index (χ3v) is 2.73. The van der Waals surface area contributed by atoms with Crippen LogP contribution >= 0.6 is 0 Å². The van der Waals surface area contributed by atoms with E-state index < -0.39 is 0 Å².